The fourth-order valence-electron chi connectivity index (χ4n) is 4.60. The van der Waals surface area contributed by atoms with E-state index < -0.39 is 18.0 Å². The third-order valence-corrected chi connectivity index (χ3v) is 8.19. The van der Waals surface area contributed by atoms with Crippen LogP contribution in [0.1, 0.15) is 38.1 Å². The van der Waals surface area contributed by atoms with E-state index in [-0.39, 0.29) is 29.2 Å². The minimum absolute atomic E-state index is 0.138. The number of aromatic nitrogens is 1. The second-order valence-corrected chi connectivity index (χ2v) is 10.9. The van der Waals surface area contributed by atoms with Gasteiger partial charge in [-0.05, 0) is 55.8 Å². The van der Waals surface area contributed by atoms with Gasteiger partial charge in [0.1, 0.15) is 11.5 Å². The molecule has 1 aliphatic heterocycles. The molecule has 1 atom stereocenters. The average Bonchev–Trinajstić information content (AvgIpc) is 3.53. The standard InChI is InChI=1S/C30H24Cl2N2O7S/c1-5-39-29(37)25-15(2)33-30-34(27(25)17-9-11-22(40-16(3)35)23(13-17)38-4)28(36)24(42-30)14-18-10-12-21(41-18)19-7-6-8-20(31)26(19)32/h6-14,27H,5H2,1-4H3. The first-order chi connectivity index (χ1) is 20.1. The molecule has 2 aromatic heterocycles. The Morgan fingerprint density at radius 1 is 1.14 bits per heavy atom. The maximum absolute atomic E-state index is 13.9. The number of benzene rings is 2. The summed E-state index contributed by atoms with van der Waals surface area (Å²) < 4.78 is 23.8. The summed E-state index contributed by atoms with van der Waals surface area (Å²) in [6.45, 7) is 4.80. The van der Waals surface area contributed by atoms with Crippen LogP contribution in [0, 0.1) is 0 Å². The van der Waals surface area contributed by atoms with Crippen LogP contribution in [0.4, 0.5) is 0 Å². The van der Waals surface area contributed by atoms with Gasteiger partial charge in [-0.2, -0.15) is 0 Å². The highest BCUT2D eigenvalue weighted by Gasteiger charge is 2.34. The van der Waals surface area contributed by atoms with Gasteiger partial charge in [0.2, 0.25) is 0 Å². The first-order valence-corrected chi connectivity index (χ1v) is 14.3. The smallest absolute Gasteiger partial charge is 0.338 e. The first-order valence-electron chi connectivity index (χ1n) is 12.7. The summed E-state index contributed by atoms with van der Waals surface area (Å²) in [6.07, 6.45) is 1.61. The molecule has 0 radical (unpaired) electrons. The Labute approximate surface area is 253 Å². The minimum atomic E-state index is -0.889. The predicted molar refractivity (Wildman–Crippen MR) is 159 cm³/mol. The molecule has 9 nitrogen and oxygen atoms in total. The summed E-state index contributed by atoms with van der Waals surface area (Å²) >= 11 is 13.7. The van der Waals surface area contributed by atoms with Crippen LogP contribution in [0.25, 0.3) is 17.4 Å². The highest BCUT2D eigenvalue weighted by molar-refractivity contribution is 7.07. The van der Waals surface area contributed by atoms with Crippen molar-refractivity contribution in [1.82, 2.24) is 4.57 Å². The van der Waals surface area contributed by atoms with Crippen molar-refractivity contribution in [2.75, 3.05) is 13.7 Å². The Morgan fingerprint density at radius 2 is 1.93 bits per heavy atom. The first kappa shape index (κ1) is 29.4. The summed E-state index contributed by atoms with van der Waals surface area (Å²) in [7, 11) is 1.43. The summed E-state index contributed by atoms with van der Waals surface area (Å²) in [6, 6.07) is 12.6. The lowest BCUT2D eigenvalue weighted by molar-refractivity contribution is -0.139. The SMILES string of the molecule is CCOC(=O)C1=C(C)N=c2sc(=Cc3ccc(-c4cccc(Cl)c4Cl)o3)c(=O)n2C1c1ccc(OC(C)=O)c(OC)c1. The lowest BCUT2D eigenvalue weighted by atomic mass is 9.95. The fourth-order valence-corrected chi connectivity index (χ4v) is 6.02. The van der Waals surface area contributed by atoms with Crippen molar-refractivity contribution in [1.29, 1.82) is 0 Å². The van der Waals surface area contributed by atoms with E-state index in [0.717, 1.165) is 11.3 Å². The zero-order valence-electron chi connectivity index (χ0n) is 22.9. The zero-order chi connectivity index (χ0) is 30.1. The molecule has 0 amide bonds. The monoisotopic (exact) mass is 626 g/mol. The van der Waals surface area contributed by atoms with Gasteiger partial charge in [0.25, 0.3) is 5.56 Å². The van der Waals surface area contributed by atoms with E-state index in [1.807, 2.05) is 0 Å². The van der Waals surface area contributed by atoms with Gasteiger partial charge < -0.3 is 18.6 Å². The fraction of sp³-hybridized carbons (Fsp3) is 0.200. The molecule has 0 saturated carbocycles. The number of halogens is 2. The number of hydrogen-bond donors (Lipinski definition) is 0. The number of hydrogen-bond acceptors (Lipinski definition) is 9. The van der Waals surface area contributed by atoms with Crippen molar-refractivity contribution in [3.63, 3.8) is 0 Å². The van der Waals surface area contributed by atoms with Crippen LogP contribution in [-0.4, -0.2) is 30.2 Å². The van der Waals surface area contributed by atoms with Crippen molar-refractivity contribution in [3.8, 4) is 22.8 Å². The van der Waals surface area contributed by atoms with E-state index in [1.54, 1.807) is 68.5 Å². The number of carbonyl (C=O) groups is 2. The van der Waals surface area contributed by atoms with E-state index in [1.165, 1.54) is 18.6 Å². The molecule has 3 heterocycles. The van der Waals surface area contributed by atoms with Gasteiger partial charge in [-0.1, -0.05) is 46.7 Å². The molecule has 4 aromatic rings. The van der Waals surface area contributed by atoms with Gasteiger partial charge in [-0.15, -0.1) is 0 Å². The average molecular weight is 628 g/mol. The second kappa shape index (κ2) is 12.0. The summed E-state index contributed by atoms with van der Waals surface area (Å²) in [4.78, 5) is 43.6. The number of ether oxygens (including phenoxy) is 3. The van der Waals surface area contributed by atoms with E-state index in [4.69, 9.17) is 41.8 Å². The molecule has 0 fully saturated rings. The van der Waals surface area contributed by atoms with E-state index in [9.17, 15) is 14.4 Å². The van der Waals surface area contributed by atoms with Gasteiger partial charge >= 0.3 is 11.9 Å². The van der Waals surface area contributed by atoms with Gasteiger partial charge in [0.15, 0.2) is 16.3 Å². The Hall–Kier alpha value is -4.12. The second-order valence-electron chi connectivity index (χ2n) is 9.11. The normalized spacial score (nSPS) is 14.8. The van der Waals surface area contributed by atoms with Crippen LogP contribution in [-0.2, 0) is 14.3 Å². The summed E-state index contributed by atoms with van der Waals surface area (Å²) in [5.74, 6) is 0.237. The van der Waals surface area contributed by atoms with E-state index in [2.05, 4.69) is 4.99 Å². The highest BCUT2D eigenvalue weighted by atomic mass is 35.5. The maximum Gasteiger partial charge on any atom is 0.338 e. The van der Waals surface area contributed by atoms with Crippen LogP contribution < -0.4 is 24.4 Å². The Bertz CT molecular complexity index is 1940. The number of allylic oxidation sites excluding steroid dienone is 1. The molecule has 0 aliphatic carbocycles. The summed E-state index contributed by atoms with van der Waals surface area (Å²) in [5, 5.41) is 0.752. The Kier molecular flexibility index (Phi) is 8.40. The molecule has 12 heteroatoms. The van der Waals surface area contributed by atoms with E-state index in [0.29, 0.717) is 47.7 Å². The highest BCUT2D eigenvalue weighted by Crippen LogP contribution is 2.37. The third-order valence-electron chi connectivity index (χ3n) is 6.39. The Morgan fingerprint density at radius 3 is 2.64 bits per heavy atom. The molecule has 1 aliphatic rings. The predicted octanol–water partition coefficient (Wildman–Crippen LogP) is 5.30. The van der Waals surface area contributed by atoms with Gasteiger partial charge in [0.05, 0.1) is 45.6 Å². The number of esters is 2. The number of rotatable bonds is 7. The van der Waals surface area contributed by atoms with Crippen molar-refractivity contribution < 1.29 is 28.2 Å². The molecule has 0 bridgehead atoms. The molecule has 0 saturated heterocycles. The molecule has 216 valence electrons. The zero-order valence-corrected chi connectivity index (χ0v) is 25.2. The number of thiazole rings is 1. The third kappa shape index (κ3) is 5.53. The lowest BCUT2D eigenvalue weighted by Gasteiger charge is -2.25. The quantitative estimate of drug-likeness (QED) is 0.202. The molecular weight excluding hydrogens is 603 g/mol. The molecule has 5 rings (SSSR count). The molecule has 2 aromatic carbocycles. The van der Waals surface area contributed by atoms with Gasteiger partial charge in [0, 0.05) is 18.6 Å². The van der Waals surface area contributed by atoms with Crippen molar-refractivity contribution >= 4 is 52.6 Å². The van der Waals surface area contributed by atoms with Gasteiger partial charge in [-0.25, -0.2) is 9.79 Å². The maximum atomic E-state index is 13.9. The number of fused-ring (bicyclic) bond motifs is 1. The molecule has 0 N–H and O–H groups in total. The van der Waals surface area contributed by atoms with Gasteiger partial charge in [-0.3, -0.25) is 14.2 Å². The molecule has 1 unspecified atom stereocenters. The van der Waals surface area contributed by atoms with E-state index >= 15 is 0 Å². The van der Waals surface area contributed by atoms with Crippen LogP contribution in [0.3, 0.4) is 0 Å². The Balaban J connectivity index is 1.65. The molecule has 42 heavy (non-hydrogen) atoms. The molecular formula is C30H24Cl2N2O7S. The number of nitrogens with zero attached hydrogens (tertiary/aromatic N) is 2. The summed E-state index contributed by atoms with van der Waals surface area (Å²) in [5.41, 5.74) is 1.37. The number of carbonyl (C=O) groups excluding carboxylic acids is 2. The van der Waals surface area contributed by atoms with Crippen LogP contribution in [0.2, 0.25) is 10.0 Å². The van der Waals surface area contributed by atoms with Crippen LogP contribution in [0.5, 0.6) is 11.5 Å². The topological polar surface area (TPSA) is 109 Å². The molecule has 0 spiro atoms. The van der Waals surface area contributed by atoms with Crippen LogP contribution >= 0.6 is 34.5 Å². The van der Waals surface area contributed by atoms with Crippen molar-refractivity contribution in [2.45, 2.75) is 26.8 Å². The minimum Gasteiger partial charge on any atom is -0.493 e. The largest absolute Gasteiger partial charge is 0.493 e. The van der Waals surface area contributed by atoms with Crippen LogP contribution in [0.15, 0.2) is 74.0 Å². The van der Waals surface area contributed by atoms with Crippen molar-refractivity contribution in [2.24, 2.45) is 4.99 Å². The van der Waals surface area contributed by atoms with Crippen molar-refractivity contribution in [3.05, 3.63) is 101 Å². The number of furan rings is 1. The number of methoxy groups -OCH3 is 1. The lowest BCUT2D eigenvalue weighted by Crippen LogP contribution is -2.39.